The van der Waals surface area contributed by atoms with Crippen molar-refractivity contribution in [2.75, 3.05) is 39.8 Å². The number of halogens is 1. The Labute approximate surface area is 136 Å². The Morgan fingerprint density at radius 1 is 1.52 bits per heavy atom. The molecule has 1 aliphatic heterocycles. The SMILES string of the molecule is C[C@H](C#N)CN(C)CC(=O)N1CCO[C@@H](c2ccc(F)cc2)C1. The molecule has 2 rings (SSSR count). The van der Waals surface area contributed by atoms with Gasteiger partial charge in [0.25, 0.3) is 0 Å². The smallest absolute Gasteiger partial charge is 0.236 e. The van der Waals surface area contributed by atoms with E-state index in [-0.39, 0.29) is 30.3 Å². The molecule has 5 nitrogen and oxygen atoms in total. The van der Waals surface area contributed by atoms with E-state index in [1.165, 1.54) is 12.1 Å². The van der Waals surface area contributed by atoms with Crippen LogP contribution in [0, 0.1) is 23.1 Å². The van der Waals surface area contributed by atoms with E-state index in [2.05, 4.69) is 6.07 Å². The molecule has 23 heavy (non-hydrogen) atoms. The van der Waals surface area contributed by atoms with Crippen molar-refractivity contribution in [3.05, 3.63) is 35.6 Å². The van der Waals surface area contributed by atoms with Gasteiger partial charge in [-0.05, 0) is 31.7 Å². The number of likely N-dealkylation sites (N-methyl/N-ethyl adjacent to an activating group) is 1. The average molecular weight is 319 g/mol. The quantitative estimate of drug-likeness (QED) is 0.831. The van der Waals surface area contributed by atoms with Crippen molar-refractivity contribution in [2.45, 2.75) is 13.0 Å². The molecule has 0 aliphatic carbocycles. The Kier molecular flexibility index (Phi) is 6.08. The molecule has 0 aromatic heterocycles. The molecule has 2 atom stereocenters. The van der Waals surface area contributed by atoms with Crippen LogP contribution >= 0.6 is 0 Å². The first-order chi connectivity index (χ1) is 11.0. The summed E-state index contributed by atoms with van der Waals surface area (Å²) >= 11 is 0. The molecule has 1 saturated heterocycles. The van der Waals surface area contributed by atoms with Crippen LogP contribution in [0.1, 0.15) is 18.6 Å². The van der Waals surface area contributed by atoms with Gasteiger partial charge in [-0.25, -0.2) is 4.39 Å². The van der Waals surface area contributed by atoms with Gasteiger partial charge in [-0.2, -0.15) is 5.26 Å². The first-order valence-corrected chi connectivity index (χ1v) is 7.72. The topological polar surface area (TPSA) is 56.6 Å². The first-order valence-electron chi connectivity index (χ1n) is 7.72. The molecule has 0 unspecified atom stereocenters. The van der Waals surface area contributed by atoms with Crippen LogP contribution in [0.5, 0.6) is 0 Å². The molecule has 6 heteroatoms. The van der Waals surface area contributed by atoms with Crippen molar-refractivity contribution in [2.24, 2.45) is 5.92 Å². The Balaban J connectivity index is 1.91. The highest BCUT2D eigenvalue weighted by atomic mass is 19.1. The Morgan fingerprint density at radius 2 is 2.22 bits per heavy atom. The summed E-state index contributed by atoms with van der Waals surface area (Å²) in [5.41, 5.74) is 0.871. The van der Waals surface area contributed by atoms with Crippen molar-refractivity contribution in [1.82, 2.24) is 9.80 Å². The molecule has 0 N–H and O–H groups in total. The minimum atomic E-state index is -0.286. The van der Waals surface area contributed by atoms with Crippen molar-refractivity contribution in [1.29, 1.82) is 5.26 Å². The maximum absolute atomic E-state index is 13.0. The number of hydrogen-bond donors (Lipinski definition) is 0. The molecular formula is C17H22FN3O2. The van der Waals surface area contributed by atoms with Gasteiger partial charge in [0.05, 0.1) is 31.7 Å². The summed E-state index contributed by atoms with van der Waals surface area (Å²) in [6.45, 7) is 4.16. The standard InChI is InChI=1S/C17H22FN3O2/c1-13(9-19)10-20(2)12-17(22)21-7-8-23-16(11-21)14-3-5-15(18)6-4-14/h3-6,13,16H,7-8,10-12H2,1-2H3/t13-,16-/m1/s1. The number of nitriles is 1. The molecule has 0 saturated carbocycles. The van der Waals surface area contributed by atoms with Gasteiger partial charge < -0.3 is 9.64 Å². The third-order valence-corrected chi connectivity index (χ3v) is 3.87. The fourth-order valence-electron chi connectivity index (χ4n) is 2.66. The van der Waals surface area contributed by atoms with Gasteiger partial charge >= 0.3 is 0 Å². The van der Waals surface area contributed by atoms with E-state index in [0.717, 1.165) is 5.56 Å². The predicted octanol–water partition coefficient (Wildman–Crippen LogP) is 1.82. The summed E-state index contributed by atoms with van der Waals surface area (Å²) in [4.78, 5) is 16.0. The molecule has 1 aliphatic rings. The maximum Gasteiger partial charge on any atom is 0.236 e. The highest BCUT2D eigenvalue weighted by Crippen LogP contribution is 2.22. The van der Waals surface area contributed by atoms with Crippen molar-refractivity contribution in [3.8, 4) is 6.07 Å². The zero-order valence-electron chi connectivity index (χ0n) is 13.5. The first kappa shape index (κ1) is 17.4. The minimum Gasteiger partial charge on any atom is -0.370 e. The molecule has 0 bridgehead atoms. The van der Waals surface area contributed by atoms with Crippen molar-refractivity contribution < 1.29 is 13.9 Å². The maximum atomic E-state index is 13.0. The van der Waals surface area contributed by atoms with Gasteiger partial charge in [0, 0.05) is 13.1 Å². The van der Waals surface area contributed by atoms with Crippen molar-refractivity contribution in [3.63, 3.8) is 0 Å². The van der Waals surface area contributed by atoms with Crippen LogP contribution in [0.3, 0.4) is 0 Å². The summed E-state index contributed by atoms with van der Waals surface area (Å²) in [7, 11) is 1.84. The number of morpholine rings is 1. The Morgan fingerprint density at radius 3 is 2.87 bits per heavy atom. The molecular weight excluding hydrogens is 297 g/mol. The lowest BCUT2D eigenvalue weighted by atomic mass is 10.1. The molecule has 1 aromatic carbocycles. The van der Waals surface area contributed by atoms with Crippen LogP contribution in [-0.2, 0) is 9.53 Å². The fourth-order valence-corrected chi connectivity index (χ4v) is 2.66. The second-order valence-electron chi connectivity index (χ2n) is 5.98. The van der Waals surface area contributed by atoms with Crippen LogP contribution in [0.4, 0.5) is 4.39 Å². The number of ether oxygens (including phenoxy) is 1. The van der Waals surface area contributed by atoms with E-state index in [0.29, 0.717) is 26.2 Å². The number of carbonyl (C=O) groups is 1. The molecule has 124 valence electrons. The van der Waals surface area contributed by atoms with Crippen LogP contribution in [0.2, 0.25) is 0 Å². The van der Waals surface area contributed by atoms with Crippen LogP contribution in [0.25, 0.3) is 0 Å². The lowest BCUT2D eigenvalue weighted by Gasteiger charge is -2.34. The molecule has 0 radical (unpaired) electrons. The Bertz CT molecular complexity index is 570. The van der Waals surface area contributed by atoms with Gasteiger partial charge in [-0.15, -0.1) is 0 Å². The van der Waals surface area contributed by atoms with Gasteiger partial charge in [0.15, 0.2) is 0 Å². The van der Waals surface area contributed by atoms with Crippen LogP contribution in [0.15, 0.2) is 24.3 Å². The average Bonchev–Trinajstić information content (AvgIpc) is 2.55. The number of benzene rings is 1. The highest BCUT2D eigenvalue weighted by Gasteiger charge is 2.26. The summed E-state index contributed by atoms with van der Waals surface area (Å²) in [5.74, 6) is -0.372. The molecule has 1 heterocycles. The summed E-state index contributed by atoms with van der Waals surface area (Å²) in [6, 6.07) is 8.34. The second-order valence-corrected chi connectivity index (χ2v) is 5.98. The number of hydrogen-bond acceptors (Lipinski definition) is 4. The molecule has 1 fully saturated rings. The van der Waals surface area contributed by atoms with Gasteiger partial charge in [0.2, 0.25) is 5.91 Å². The third-order valence-electron chi connectivity index (χ3n) is 3.87. The number of nitrogens with zero attached hydrogens (tertiary/aromatic N) is 3. The molecule has 1 amide bonds. The number of amides is 1. The lowest BCUT2D eigenvalue weighted by Crippen LogP contribution is -2.46. The monoisotopic (exact) mass is 319 g/mol. The number of rotatable bonds is 5. The van der Waals surface area contributed by atoms with Crippen LogP contribution < -0.4 is 0 Å². The van der Waals surface area contributed by atoms with E-state index in [9.17, 15) is 9.18 Å². The van der Waals surface area contributed by atoms with Gasteiger partial charge in [0.1, 0.15) is 11.9 Å². The fraction of sp³-hybridized carbons (Fsp3) is 0.529. The third kappa shape index (κ3) is 5.02. The highest BCUT2D eigenvalue weighted by molar-refractivity contribution is 5.78. The van der Waals surface area contributed by atoms with E-state index < -0.39 is 0 Å². The minimum absolute atomic E-state index is 0.0213. The summed E-state index contributed by atoms with van der Waals surface area (Å²) in [6.07, 6.45) is -0.225. The van der Waals surface area contributed by atoms with E-state index in [4.69, 9.17) is 10.00 Å². The zero-order valence-corrected chi connectivity index (χ0v) is 13.5. The molecule has 1 aromatic rings. The van der Waals surface area contributed by atoms with E-state index >= 15 is 0 Å². The Hall–Kier alpha value is -1.97. The summed E-state index contributed by atoms with van der Waals surface area (Å²) < 4.78 is 18.7. The summed E-state index contributed by atoms with van der Waals surface area (Å²) in [5, 5.41) is 8.83. The van der Waals surface area contributed by atoms with Gasteiger partial charge in [-0.3, -0.25) is 9.69 Å². The normalized spacial score (nSPS) is 19.4. The molecule has 0 spiro atoms. The van der Waals surface area contributed by atoms with Crippen LogP contribution in [-0.4, -0.2) is 55.5 Å². The lowest BCUT2D eigenvalue weighted by molar-refractivity contribution is -0.140. The van der Waals surface area contributed by atoms with E-state index in [1.54, 1.807) is 17.0 Å². The van der Waals surface area contributed by atoms with Crippen molar-refractivity contribution >= 4 is 5.91 Å². The predicted molar refractivity (Wildman–Crippen MR) is 83.9 cm³/mol. The van der Waals surface area contributed by atoms with E-state index in [1.807, 2.05) is 18.9 Å². The number of carbonyl (C=O) groups excluding carboxylic acids is 1. The largest absolute Gasteiger partial charge is 0.370 e. The second kappa shape index (κ2) is 8.04. The van der Waals surface area contributed by atoms with Gasteiger partial charge in [-0.1, -0.05) is 12.1 Å². The zero-order chi connectivity index (χ0) is 16.8.